The SMILES string of the molecule is N#Cc1ccc(Cl)cc1NC(CC(=O)O)C1CC1. The van der Waals surface area contributed by atoms with Crippen molar-refractivity contribution >= 4 is 23.3 Å². The van der Waals surface area contributed by atoms with E-state index in [1.807, 2.05) is 0 Å². The van der Waals surface area contributed by atoms with E-state index < -0.39 is 5.97 Å². The number of hydrogen-bond donors (Lipinski definition) is 2. The summed E-state index contributed by atoms with van der Waals surface area (Å²) in [5.74, 6) is -0.452. The lowest BCUT2D eigenvalue weighted by molar-refractivity contribution is -0.137. The molecular formula is C13H13ClN2O2. The van der Waals surface area contributed by atoms with Gasteiger partial charge in [0.15, 0.2) is 0 Å². The van der Waals surface area contributed by atoms with Crippen LogP contribution in [0.3, 0.4) is 0 Å². The van der Waals surface area contributed by atoms with Crippen molar-refractivity contribution in [2.45, 2.75) is 25.3 Å². The number of rotatable bonds is 5. The second kappa shape index (κ2) is 5.28. The molecule has 1 aliphatic rings. The van der Waals surface area contributed by atoms with Crippen LogP contribution in [-0.2, 0) is 4.79 Å². The van der Waals surface area contributed by atoms with Crippen molar-refractivity contribution in [3.63, 3.8) is 0 Å². The number of hydrogen-bond acceptors (Lipinski definition) is 3. The Morgan fingerprint density at radius 3 is 2.89 bits per heavy atom. The second-order valence-electron chi connectivity index (χ2n) is 4.49. The normalized spacial score (nSPS) is 15.8. The van der Waals surface area contributed by atoms with Gasteiger partial charge in [0.25, 0.3) is 0 Å². The summed E-state index contributed by atoms with van der Waals surface area (Å²) in [5, 5.41) is 21.6. The molecule has 2 rings (SSSR count). The van der Waals surface area contributed by atoms with Crippen LogP contribution in [0.1, 0.15) is 24.8 Å². The fourth-order valence-electron chi connectivity index (χ4n) is 1.96. The molecule has 0 aliphatic heterocycles. The van der Waals surface area contributed by atoms with E-state index in [1.165, 1.54) is 0 Å². The van der Waals surface area contributed by atoms with E-state index in [9.17, 15) is 4.79 Å². The highest BCUT2D eigenvalue weighted by Gasteiger charge is 2.33. The van der Waals surface area contributed by atoms with E-state index in [1.54, 1.807) is 18.2 Å². The Labute approximate surface area is 110 Å². The molecule has 0 heterocycles. The first-order valence-corrected chi connectivity index (χ1v) is 6.16. The van der Waals surface area contributed by atoms with Gasteiger partial charge in [-0.25, -0.2) is 0 Å². The number of anilines is 1. The predicted molar refractivity (Wildman–Crippen MR) is 68.6 cm³/mol. The topological polar surface area (TPSA) is 73.1 Å². The molecule has 18 heavy (non-hydrogen) atoms. The number of benzene rings is 1. The van der Waals surface area contributed by atoms with Gasteiger partial charge in [0, 0.05) is 11.1 Å². The lowest BCUT2D eigenvalue weighted by atomic mass is 10.1. The Hall–Kier alpha value is -1.73. The van der Waals surface area contributed by atoms with Crippen LogP contribution in [0.4, 0.5) is 5.69 Å². The predicted octanol–water partition coefficient (Wildman–Crippen LogP) is 2.88. The van der Waals surface area contributed by atoms with E-state index in [0.29, 0.717) is 22.2 Å². The van der Waals surface area contributed by atoms with Crippen LogP contribution in [0.15, 0.2) is 18.2 Å². The fourth-order valence-corrected chi connectivity index (χ4v) is 2.13. The van der Waals surface area contributed by atoms with Crippen LogP contribution in [0.25, 0.3) is 0 Å². The summed E-state index contributed by atoms with van der Waals surface area (Å²) in [5.41, 5.74) is 1.10. The molecule has 1 aromatic rings. The third kappa shape index (κ3) is 3.14. The van der Waals surface area contributed by atoms with E-state index >= 15 is 0 Å². The smallest absolute Gasteiger partial charge is 0.305 e. The molecule has 1 aliphatic carbocycles. The number of halogens is 1. The molecule has 1 aromatic carbocycles. The molecule has 1 saturated carbocycles. The maximum absolute atomic E-state index is 10.8. The maximum atomic E-state index is 10.8. The summed E-state index contributed by atoms with van der Waals surface area (Å²) in [6.45, 7) is 0. The van der Waals surface area contributed by atoms with Gasteiger partial charge >= 0.3 is 5.97 Å². The van der Waals surface area contributed by atoms with E-state index in [-0.39, 0.29) is 12.5 Å². The van der Waals surface area contributed by atoms with E-state index in [0.717, 1.165) is 12.8 Å². The Morgan fingerprint density at radius 2 is 2.33 bits per heavy atom. The Kier molecular flexibility index (Phi) is 3.73. The van der Waals surface area contributed by atoms with Crippen LogP contribution in [0.5, 0.6) is 0 Å². The zero-order chi connectivity index (χ0) is 13.1. The van der Waals surface area contributed by atoms with Crippen LogP contribution >= 0.6 is 11.6 Å². The third-order valence-electron chi connectivity index (χ3n) is 3.03. The van der Waals surface area contributed by atoms with Gasteiger partial charge in [-0.2, -0.15) is 5.26 Å². The summed E-state index contributed by atoms with van der Waals surface area (Å²) in [4.78, 5) is 10.8. The molecule has 0 aromatic heterocycles. The number of nitrogens with one attached hydrogen (secondary N) is 1. The Bertz CT molecular complexity index is 506. The first kappa shape index (κ1) is 12.7. The third-order valence-corrected chi connectivity index (χ3v) is 3.26. The molecule has 1 unspecified atom stereocenters. The Balaban J connectivity index is 2.17. The van der Waals surface area contributed by atoms with Gasteiger partial charge in [-0.05, 0) is 37.0 Å². The van der Waals surface area contributed by atoms with Crippen LogP contribution in [0, 0.1) is 17.2 Å². The van der Waals surface area contributed by atoms with Crippen molar-refractivity contribution in [3.8, 4) is 6.07 Å². The standard InChI is InChI=1S/C13H13ClN2O2/c14-10-4-3-9(7-15)11(5-10)16-12(6-13(17)18)8-1-2-8/h3-5,8,12,16H,1-2,6H2,(H,17,18). The summed E-state index contributed by atoms with van der Waals surface area (Å²) in [7, 11) is 0. The van der Waals surface area contributed by atoms with Crippen LogP contribution < -0.4 is 5.32 Å². The second-order valence-corrected chi connectivity index (χ2v) is 4.92. The average molecular weight is 265 g/mol. The maximum Gasteiger partial charge on any atom is 0.305 e. The van der Waals surface area contributed by atoms with Crippen LogP contribution in [-0.4, -0.2) is 17.1 Å². The molecule has 0 amide bonds. The van der Waals surface area contributed by atoms with E-state index in [2.05, 4.69) is 11.4 Å². The minimum atomic E-state index is -0.833. The summed E-state index contributed by atoms with van der Waals surface area (Å²) in [6, 6.07) is 6.89. The minimum absolute atomic E-state index is 0.0576. The van der Waals surface area contributed by atoms with Crippen molar-refractivity contribution in [1.29, 1.82) is 5.26 Å². The molecule has 5 heteroatoms. The van der Waals surface area contributed by atoms with Crippen molar-refractivity contribution in [2.24, 2.45) is 5.92 Å². The lowest BCUT2D eigenvalue weighted by Crippen LogP contribution is -2.25. The van der Waals surface area contributed by atoms with Crippen molar-refractivity contribution in [3.05, 3.63) is 28.8 Å². The number of nitriles is 1. The first-order chi connectivity index (χ1) is 8.60. The highest BCUT2D eigenvalue weighted by molar-refractivity contribution is 6.30. The summed E-state index contributed by atoms with van der Waals surface area (Å²) in [6.07, 6.45) is 2.13. The van der Waals surface area contributed by atoms with Gasteiger partial charge in [0.2, 0.25) is 0 Å². The average Bonchev–Trinajstić information content (AvgIpc) is 3.11. The number of aliphatic carboxylic acids is 1. The number of carboxylic acids is 1. The van der Waals surface area contributed by atoms with Gasteiger partial charge in [-0.1, -0.05) is 11.6 Å². The minimum Gasteiger partial charge on any atom is -0.481 e. The van der Waals surface area contributed by atoms with Gasteiger partial charge < -0.3 is 10.4 Å². The molecule has 2 N–H and O–H groups in total. The van der Waals surface area contributed by atoms with Gasteiger partial charge in [0.1, 0.15) is 6.07 Å². The lowest BCUT2D eigenvalue weighted by Gasteiger charge is -2.18. The number of carboxylic acid groups (broad SMARTS) is 1. The molecule has 1 fully saturated rings. The first-order valence-electron chi connectivity index (χ1n) is 5.78. The molecule has 4 nitrogen and oxygen atoms in total. The zero-order valence-corrected chi connectivity index (χ0v) is 10.4. The molecule has 0 spiro atoms. The zero-order valence-electron chi connectivity index (χ0n) is 9.69. The van der Waals surface area contributed by atoms with Crippen LogP contribution in [0.2, 0.25) is 5.02 Å². The van der Waals surface area contributed by atoms with E-state index in [4.69, 9.17) is 22.0 Å². The molecule has 1 atom stereocenters. The van der Waals surface area contributed by atoms with Crippen molar-refractivity contribution in [1.82, 2.24) is 0 Å². The molecule has 0 saturated heterocycles. The van der Waals surface area contributed by atoms with Gasteiger partial charge in [-0.15, -0.1) is 0 Å². The number of carbonyl (C=O) groups is 1. The highest BCUT2D eigenvalue weighted by atomic mass is 35.5. The summed E-state index contributed by atoms with van der Waals surface area (Å²) < 4.78 is 0. The van der Waals surface area contributed by atoms with Crippen molar-refractivity contribution in [2.75, 3.05) is 5.32 Å². The van der Waals surface area contributed by atoms with Gasteiger partial charge in [-0.3, -0.25) is 4.79 Å². The Morgan fingerprint density at radius 1 is 1.61 bits per heavy atom. The molecular weight excluding hydrogens is 252 g/mol. The quantitative estimate of drug-likeness (QED) is 0.858. The fraction of sp³-hybridized carbons (Fsp3) is 0.385. The van der Waals surface area contributed by atoms with Crippen molar-refractivity contribution < 1.29 is 9.90 Å². The largest absolute Gasteiger partial charge is 0.481 e. The molecule has 0 radical (unpaired) electrons. The van der Waals surface area contributed by atoms with Gasteiger partial charge in [0.05, 0.1) is 17.7 Å². The number of nitrogens with zero attached hydrogens (tertiary/aromatic N) is 1. The molecule has 94 valence electrons. The molecule has 0 bridgehead atoms. The highest BCUT2D eigenvalue weighted by Crippen LogP contribution is 2.36. The summed E-state index contributed by atoms with van der Waals surface area (Å²) >= 11 is 5.89. The monoisotopic (exact) mass is 264 g/mol.